The fraction of sp³-hybridized carbons (Fsp3) is 1.00. The van der Waals surface area contributed by atoms with Crippen molar-refractivity contribution in [1.29, 1.82) is 0 Å². The Labute approximate surface area is 130 Å². The molecule has 0 radical (unpaired) electrons. The van der Waals surface area contributed by atoms with E-state index >= 15 is 0 Å². The van der Waals surface area contributed by atoms with E-state index in [-0.39, 0.29) is 0 Å². The summed E-state index contributed by atoms with van der Waals surface area (Å²) >= 11 is 3.49. The summed E-state index contributed by atoms with van der Waals surface area (Å²) in [6.45, 7) is 7.26. The summed E-state index contributed by atoms with van der Waals surface area (Å²) in [4.78, 5) is 4.91. The molecule has 0 aliphatic carbocycles. The number of halogens is 1. The Hall–Kier alpha value is 0.400. The molecule has 0 rings (SSSR count). The number of likely N-dealkylation sites (N-methyl/N-ethyl adjacent to an activating group) is 1. The fourth-order valence-corrected chi connectivity index (χ4v) is 2.70. The van der Waals surface area contributed by atoms with Crippen LogP contribution >= 0.6 is 15.9 Å². The van der Waals surface area contributed by atoms with Crippen LogP contribution in [0.5, 0.6) is 0 Å². The van der Waals surface area contributed by atoms with Crippen molar-refractivity contribution in [3.8, 4) is 0 Å². The molecule has 0 aromatic heterocycles. The highest BCUT2D eigenvalue weighted by Gasteiger charge is 2.03. The third-order valence-corrected chi connectivity index (χ3v) is 4.07. The Bertz CT molecular complexity index is 174. The maximum atomic E-state index is 3.49. The van der Waals surface area contributed by atoms with Gasteiger partial charge in [-0.3, -0.25) is 0 Å². The number of rotatable bonds is 14. The minimum absolute atomic E-state index is 1.17. The normalized spacial score (nSPS) is 11.7. The molecule has 0 aliphatic heterocycles. The van der Waals surface area contributed by atoms with Crippen LogP contribution in [0.1, 0.15) is 58.3 Å². The predicted molar refractivity (Wildman–Crippen MR) is 91.4 cm³/mol. The highest BCUT2D eigenvalue weighted by atomic mass is 79.9. The minimum atomic E-state index is 1.17. The van der Waals surface area contributed by atoms with Crippen molar-refractivity contribution in [3.05, 3.63) is 0 Å². The van der Waals surface area contributed by atoms with Crippen molar-refractivity contribution >= 4 is 15.9 Å². The lowest BCUT2D eigenvalue weighted by atomic mass is 10.1. The first-order valence-electron chi connectivity index (χ1n) is 8.13. The van der Waals surface area contributed by atoms with Crippen molar-refractivity contribution in [2.45, 2.75) is 58.3 Å². The molecular weight excluding hydrogens is 300 g/mol. The van der Waals surface area contributed by atoms with E-state index in [1.54, 1.807) is 0 Å². The lowest BCUT2D eigenvalue weighted by Crippen LogP contribution is -2.33. The Morgan fingerprint density at radius 1 is 0.684 bits per heavy atom. The van der Waals surface area contributed by atoms with Crippen LogP contribution in [0.15, 0.2) is 0 Å². The zero-order valence-corrected chi connectivity index (χ0v) is 15.1. The first kappa shape index (κ1) is 19.4. The van der Waals surface area contributed by atoms with Crippen molar-refractivity contribution in [2.24, 2.45) is 0 Å². The van der Waals surface area contributed by atoms with Crippen LogP contribution in [0.3, 0.4) is 0 Å². The lowest BCUT2D eigenvalue weighted by Gasteiger charge is -2.23. The molecule has 116 valence electrons. The van der Waals surface area contributed by atoms with Crippen LogP contribution in [-0.2, 0) is 0 Å². The van der Waals surface area contributed by atoms with Gasteiger partial charge in [-0.15, -0.1) is 0 Å². The third kappa shape index (κ3) is 14.6. The molecule has 0 aliphatic rings. The third-order valence-electron chi connectivity index (χ3n) is 3.51. The van der Waals surface area contributed by atoms with Crippen LogP contribution in [0.2, 0.25) is 0 Å². The summed E-state index contributed by atoms with van der Waals surface area (Å²) in [6.07, 6.45) is 11.1. The van der Waals surface area contributed by atoms with Gasteiger partial charge in [0.25, 0.3) is 0 Å². The molecule has 0 aromatic carbocycles. The molecule has 0 heterocycles. The van der Waals surface area contributed by atoms with Gasteiger partial charge in [0.05, 0.1) is 0 Å². The maximum absolute atomic E-state index is 3.49. The van der Waals surface area contributed by atoms with Crippen LogP contribution in [-0.4, -0.2) is 55.4 Å². The molecule has 0 N–H and O–H groups in total. The van der Waals surface area contributed by atoms with Gasteiger partial charge < -0.3 is 9.80 Å². The van der Waals surface area contributed by atoms with Gasteiger partial charge in [0.15, 0.2) is 0 Å². The molecule has 19 heavy (non-hydrogen) atoms. The fourth-order valence-electron chi connectivity index (χ4n) is 2.31. The molecule has 0 atom stereocenters. The first-order valence-corrected chi connectivity index (χ1v) is 9.26. The topological polar surface area (TPSA) is 6.48 Å². The summed E-state index contributed by atoms with van der Waals surface area (Å²) in [7, 11) is 4.33. The van der Waals surface area contributed by atoms with Gasteiger partial charge in [-0.1, -0.05) is 55.0 Å². The first-order chi connectivity index (χ1) is 9.20. The van der Waals surface area contributed by atoms with E-state index in [0.29, 0.717) is 0 Å². The van der Waals surface area contributed by atoms with Gasteiger partial charge in [0.1, 0.15) is 0 Å². The van der Waals surface area contributed by atoms with Gasteiger partial charge in [-0.05, 0) is 46.4 Å². The summed E-state index contributed by atoms with van der Waals surface area (Å²) in [5.74, 6) is 0. The Morgan fingerprint density at radius 2 is 1.26 bits per heavy atom. The molecule has 3 heteroatoms. The van der Waals surface area contributed by atoms with Crippen molar-refractivity contribution in [3.63, 3.8) is 0 Å². The van der Waals surface area contributed by atoms with Crippen LogP contribution < -0.4 is 0 Å². The van der Waals surface area contributed by atoms with Crippen LogP contribution in [0.25, 0.3) is 0 Å². The SMILES string of the molecule is CCCN(CCCCCCCCCBr)CCN(C)C. The molecular formula is C16H35BrN2. The molecule has 2 nitrogen and oxygen atoms in total. The zero-order valence-electron chi connectivity index (χ0n) is 13.5. The highest BCUT2D eigenvalue weighted by molar-refractivity contribution is 9.09. The van der Waals surface area contributed by atoms with Gasteiger partial charge in [-0.2, -0.15) is 0 Å². The average molecular weight is 335 g/mol. The van der Waals surface area contributed by atoms with Crippen LogP contribution in [0, 0.1) is 0 Å². The summed E-state index contributed by atoms with van der Waals surface area (Å²) < 4.78 is 0. The van der Waals surface area contributed by atoms with E-state index in [2.05, 4.69) is 46.7 Å². The molecule has 0 saturated carbocycles. The lowest BCUT2D eigenvalue weighted by molar-refractivity contribution is 0.236. The Kier molecular flexibility index (Phi) is 15.1. The van der Waals surface area contributed by atoms with E-state index < -0.39 is 0 Å². The second-order valence-electron chi connectivity index (χ2n) is 5.81. The van der Waals surface area contributed by atoms with Crippen molar-refractivity contribution in [1.82, 2.24) is 9.80 Å². The second kappa shape index (κ2) is 14.8. The average Bonchev–Trinajstić information content (AvgIpc) is 2.38. The molecule has 0 fully saturated rings. The molecule has 0 aromatic rings. The molecule has 0 spiro atoms. The van der Waals surface area contributed by atoms with E-state index in [4.69, 9.17) is 0 Å². The molecule has 0 saturated heterocycles. The van der Waals surface area contributed by atoms with Crippen LogP contribution in [0.4, 0.5) is 0 Å². The highest BCUT2D eigenvalue weighted by Crippen LogP contribution is 2.08. The number of hydrogen-bond acceptors (Lipinski definition) is 2. The van der Waals surface area contributed by atoms with Gasteiger partial charge in [0.2, 0.25) is 0 Å². The number of unbranched alkanes of at least 4 members (excludes halogenated alkanes) is 6. The largest absolute Gasteiger partial charge is 0.308 e. The predicted octanol–water partition coefficient (Wildman–Crippen LogP) is 4.39. The van der Waals surface area contributed by atoms with E-state index in [1.807, 2.05) is 0 Å². The van der Waals surface area contributed by atoms with Crippen molar-refractivity contribution in [2.75, 3.05) is 45.6 Å². The molecule has 0 bridgehead atoms. The minimum Gasteiger partial charge on any atom is -0.308 e. The summed E-state index contributed by atoms with van der Waals surface area (Å²) in [5.41, 5.74) is 0. The molecule has 0 amide bonds. The zero-order chi connectivity index (χ0) is 14.3. The Balaban J connectivity index is 3.42. The van der Waals surface area contributed by atoms with Gasteiger partial charge >= 0.3 is 0 Å². The number of alkyl halides is 1. The number of hydrogen-bond donors (Lipinski definition) is 0. The second-order valence-corrected chi connectivity index (χ2v) is 6.60. The van der Waals surface area contributed by atoms with Crippen molar-refractivity contribution < 1.29 is 0 Å². The standard InChI is InChI=1S/C16H35BrN2/c1-4-13-19(16-15-18(2)3)14-11-9-7-5-6-8-10-12-17/h4-16H2,1-3H3. The smallest absolute Gasteiger partial charge is 0.0109 e. The quantitative estimate of drug-likeness (QED) is 0.343. The summed E-state index contributed by atoms with van der Waals surface area (Å²) in [6, 6.07) is 0. The van der Waals surface area contributed by atoms with Gasteiger partial charge in [-0.25, -0.2) is 0 Å². The van der Waals surface area contributed by atoms with Gasteiger partial charge in [0, 0.05) is 18.4 Å². The molecule has 0 unspecified atom stereocenters. The maximum Gasteiger partial charge on any atom is 0.0109 e. The summed E-state index contributed by atoms with van der Waals surface area (Å²) in [5, 5.41) is 1.17. The number of nitrogens with zero attached hydrogens (tertiary/aromatic N) is 2. The Morgan fingerprint density at radius 3 is 1.79 bits per heavy atom. The monoisotopic (exact) mass is 334 g/mol. The van der Waals surface area contributed by atoms with E-state index in [1.165, 1.54) is 82.9 Å². The van der Waals surface area contributed by atoms with E-state index in [0.717, 1.165) is 0 Å². The van der Waals surface area contributed by atoms with E-state index in [9.17, 15) is 0 Å².